The molecule has 2 N–H and O–H groups in total. The third-order valence-corrected chi connectivity index (χ3v) is 9.12. The number of benzene rings is 4. The average molecular weight is 664 g/mol. The van der Waals surface area contributed by atoms with Crippen LogP contribution in [0.1, 0.15) is 66.0 Å². The van der Waals surface area contributed by atoms with Crippen molar-refractivity contribution in [3.8, 4) is 0 Å². The van der Waals surface area contributed by atoms with Gasteiger partial charge in [-0.15, -0.1) is 0 Å². The highest BCUT2D eigenvalue weighted by Gasteiger charge is 2.41. The SMILES string of the molecule is C[C@@H](c1ccccc1)N(C)C[C@H]1C[C@@H](c2ccc(CO)cc2)O[C@@H](c2ccc(N3C(=O)CC(NC(=O)OCc4ccccc4)C3=O)cc2)O1. The van der Waals surface area contributed by atoms with Crippen LogP contribution in [0.5, 0.6) is 0 Å². The van der Waals surface area contributed by atoms with E-state index in [1.807, 2.05) is 72.8 Å². The first-order valence-corrected chi connectivity index (χ1v) is 16.5. The lowest BCUT2D eigenvalue weighted by atomic mass is 9.99. The van der Waals surface area contributed by atoms with Crippen molar-refractivity contribution in [3.05, 3.63) is 137 Å². The predicted octanol–water partition coefficient (Wildman–Crippen LogP) is 5.98. The number of alkyl carbamates (subject to hydrolysis) is 1. The molecule has 6 rings (SSSR count). The van der Waals surface area contributed by atoms with Crippen molar-refractivity contribution >= 4 is 23.6 Å². The van der Waals surface area contributed by atoms with Crippen LogP contribution in [-0.4, -0.2) is 53.7 Å². The lowest BCUT2D eigenvalue weighted by Gasteiger charge is -2.39. The van der Waals surface area contributed by atoms with Crippen LogP contribution < -0.4 is 10.2 Å². The summed E-state index contributed by atoms with van der Waals surface area (Å²) < 4.78 is 18.3. The van der Waals surface area contributed by atoms with Gasteiger partial charge in [-0.1, -0.05) is 97.1 Å². The van der Waals surface area contributed by atoms with Crippen LogP contribution in [0.3, 0.4) is 0 Å². The third-order valence-electron chi connectivity index (χ3n) is 9.12. The van der Waals surface area contributed by atoms with Gasteiger partial charge in [0.05, 0.1) is 30.9 Å². The molecule has 0 radical (unpaired) electrons. The maximum absolute atomic E-state index is 13.2. The molecule has 0 aromatic heterocycles. The third kappa shape index (κ3) is 8.23. The molecule has 0 aliphatic carbocycles. The summed E-state index contributed by atoms with van der Waals surface area (Å²) in [7, 11) is 2.08. The van der Waals surface area contributed by atoms with E-state index in [1.54, 1.807) is 24.3 Å². The summed E-state index contributed by atoms with van der Waals surface area (Å²) in [5.41, 5.74) is 4.96. The zero-order valence-corrected chi connectivity index (χ0v) is 27.6. The molecule has 5 atom stereocenters. The number of aliphatic hydroxyl groups is 1. The molecule has 4 aromatic rings. The predicted molar refractivity (Wildman–Crippen MR) is 183 cm³/mol. The van der Waals surface area contributed by atoms with Crippen molar-refractivity contribution < 1.29 is 33.7 Å². The Balaban J connectivity index is 1.14. The number of likely N-dealkylation sites (N-methyl/N-ethyl adjacent to an activating group) is 1. The Morgan fingerprint density at radius 2 is 1.55 bits per heavy atom. The fraction of sp³-hybridized carbons (Fsp3) is 0.308. The number of hydrogen-bond acceptors (Lipinski definition) is 8. The molecule has 2 saturated heterocycles. The summed E-state index contributed by atoms with van der Waals surface area (Å²) in [6, 6.07) is 33.4. The van der Waals surface area contributed by atoms with Gasteiger partial charge in [-0.05, 0) is 48.4 Å². The molecule has 0 bridgehead atoms. The fourth-order valence-electron chi connectivity index (χ4n) is 6.20. The highest BCUT2D eigenvalue weighted by Crippen LogP contribution is 2.39. The smallest absolute Gasteiger partial charge is 0.408 e. The summed E-state index contributed by atoms with van der Waals surface area (Å²) in [5.74, 6) is -0.945. The van der Waals surface area contributed by atoms with Crippen LogP contribution in [0.2, 0.25) is 0 Å². The van der Waals surface area contributed by atoms with Gasteiger partial charge in [0.15, 0.2) is 6.29 Å². The first kappa shape index (κ1) is 34.0. The summed E-state index contributed by atoms with van der Waals surface area (Å²) in [4.78, 5) is 41.9. The van der Waals surface area contributed by atoms with Gasteiger partial charge in [0, 0.05) is 24.6 Å². The minimum atomic E-state index is -1.02. The summed E-state index contributed by atoms with van der Waals surface area (Å²) in [5, 5.41) is 12.1. The van der Waals surface area contributed by atoms with Crippen molar-refractivity contribution in [2.24, 2.45) is 0 Å². The largest absolute Gasteiger partial charge is 0.445 e. The molecule has 2 aliphatic heterocycles. The fourth-order valence-corrected chi connectivity index (χ4v) is 6.20. The highest BCUT2D eigenvalue weighted by atomic mass is 16.7. The number of amides is 3. The van der Waals surface area contributed by atoms with E-state index in [-0.39, 0.29) is 37.9 Å². The lowest BCUT2D eigenvalue weighted by Crippen LogP contribution is -2.42. The number of ether oxygens (including phenoxy) is 3. The topological polar surface area (TPSA) is 118 Å². The van der Waals surface area contributed by atoms with Gasteiger partial charge in [0.25, 0.3) is 5.91 Å². The minimum Gasteiger partial charge on any atom is -0.445 e. The number of rotatable bonds is 11. The van der Waals surface area contributed by atoms with Crippen LogP contribution in [0.4, 0.5) is 10.5 Å². The van der Waals surface area contributed by atoms with E-state index in [9.17, 15) is 19.5 Å². The molecule has 49 heavy (non-hydrogen) atoms. The van der Waals surface area contributed by atoms with Crippen LogP contribution in [-0.2, 0) is 37.0 Å². The Morgan fingerprint density at radius 1 is 0.898 bits per heavy atom. The van der Waals surface area contributed by atoms with E-state index < -0.39 is 30.2 Å². The summed E-state index contributed by atoms with van der Waals surface area (Å²) >= 11 is 0. The number of carbonyl (C=O) groups is 3. The Morgan fingerprint density at radius 3 is 2.22 bits per heavy atom. The normalized spacial score (nSPS) is 21.5. The number of nitrogens with zero attached hydrogens (tertiary/aromatic N) is 2. The van der Waals surface area contributed by atoms with E-state index in [1.165, 1.54) is 5.56 Å². The number of carbonyl (C=O) groups excluding carboxylic acids is 3. The molecule has 1 unspecified atom stereocenters. The maximum Gasteiger partial charge on any atom is 0.408 e. The van der Waals surface area contributed by atoms with Crippen molar-refractivity contribution in [2.75, 3.05) is 18.5 Å². The molecule has 10 nitrogen and oxygen atoms in total. The second kappa shape index (κ2) is 15.6. The van der Waals surface area contributed by atoms with Crippen LogP contribution in [0, 0.1) is 0 Å². The molecular formula is C39H41N3O7. The number of aliphatic hydroxyl groups excluding tert-OH is 1. The number of hydrogen-bond donors (Lipinski definition) is 2. The van der Waals surface area contributed by atoms with E-state index in [0.29, 0.717) is 18.7 Å². The van der Waals surface area contributed by atoms with Gasteiger partial charge < -0.3 is 24.6 Å². The second-order valence-corrected chi connectivity index (χ2v) is 12.5. The van der Waals surface area contributed by atoms with Crippen LogP contribution >= 0.6 is 0 Å². The Hall–Kier alpha value is -4.87. The highest BCUT2D eigenvalue weighted by molar-refractivity contribution is 6.22. The number of imide groups is 1. The van der Waals surface area contributed by atoms with E-state index in [4.69, 9.17) is 14.2 Å². The van der Waals surface area contributed by atoms with Gasteiger partial charge in [0.2, 0.25) is 5.91 Å². The molecular weight excluding hydrogens is 622 g/mol. The summed E-state index contributed by atoms with van der Waals surface area (Å²) in [6.45, 7) is 2.85. The molecule has 2 fully saturated rings. The van der Waals surface area contributed by atoms with Gasteiger partial charge in [0.1, 0.15) is 12.6 Å². The molecule has 0 spiro atoms. The average Bonchev–Trinajstić information content (AvgIpc) is 3.42. The zero-order chi connectivity index (χ0) is 34.3. The summed E-state index contributed by atoms with van der Waals surface area (Å²) in [6.07, 6.45) is -1.41. The zero-order valence-electron chi connectivity index (χ0n) is 27.6. The molecule has 254 valence electrons. The van der Waals surface area contributed by atoms with Gasteiger partial charge in [-0.2, -0.15) is 0 Å². The molecule has 3 amide bonds. The van der Waals surface area contributed by atoms with Gasteiger partial charge >= 0.3 is 6.09 Å². The second-order valence-electron chi connectivity index (χ2n) is 12.5. The first-order valence-electron chi connectivity index (χ1n) is 16.5. The standard InChI is InChI=1S/C39H41N3O7/c1-26(29-11-7-4-8-12-29)41(2)23-33-21-35(30-15-13-27(24-43)14-16-30)49-38(48-33)31-17-19-32(20-18-31)42-36(44)22-34(37(42)45)40-39(46)47-25-28-9-5-3-6-10-28/h3-20,26,33-35,38,43H,21-25H2,1-2H3,(H,40,46)/t26-,33+,34?,35-,38-/m0/s1. The molecule has 10 heteroatoms. The Bertz CT molecular complexity index is 1720. The van der Waals surface area contributed by atoms with Crippen molar-refractivity contribution in [2.45, 2.75) is 63.6 Å². The van der Waals surface area contributed by atoms with E-state index in [2.05, 4.69) is 36.3 Å². The van der Waals surface area contributed by atoms with E-state index in [0.717, 1.165) is 27.2 Å². The van der Waals surface area contributed by atoms with Crippen molar-refractivity contribution in [3.63, 3.8) is 0 Å². The minimum absolute atomic E-state index is 0.0359. The molecule has 4 aromatic carbocycles. The van der Waals surface area contributed by atoms with Gasteiger partial charge in [-0.25, -0.2) is 9.69 Å². The monoisotopic (exact) mass is 663 g/mol. The quantitative estimate of drug-likeness (QED) is 0.189. The van der Waals surface area contributed by atoms with Crippen LogP contribution in [0.25, 0.3) is 0 Å². The van der Waals surface area contributed by atoms with Crippen LogP contribution in [0.15, 0.2) is 109 Å². The Labute approximate surface area is 286 Å². The number of nitrogens with one attached hydrogen (secondary N) is 1. The van der Waals surface area contributed by atoms with E-state index >= 15 is 0 Å². The maximum atomic E-state index is 13.2. The number of anilines is 1. The molecule has 0 saturated carbocycles. The van der Waals surface area contributed by atoms with Crippen molar-refractivity contribution in [1.29, 1.82) is 0 Å². The van der Waals surface area contributed by atoms with Crippen molar-refractivity contribution in [1.82, 2.24) is 10.2 Å². The first-order chi connectivity index (χ1) is 23.8. The Kier molecular flexibility index (Phi) is 10.8. The molecule has 2 heterocycles. The lowest BCUT2D eigenvalue weighted by molar-refractivity contribution is -0.253. The molecule has 2 aliphatic rings. The van der Waals surface area contributed by atoms with Gasteiger partial charge in [-0.3, -0.25) is 14.5 Å².